The van der Waals surface area contributed by atoms with Gasteiger partial charge in [0.25, 0.3) is 5.91 Å². The van der Waals surface area contributed by atoms with Crippen LogP contribution in [0.5, 0.6) is 0 Å². The molecule has 41 heavy (non-hydrogen) atoms. The van der Waals surface area contributed by atoms with Crippen molar-refractivity contribution in [2.45, 2.75) is 38.1 Å². The molecule has 220 valence electrons. The number of amides is 2. The molecule has 2 heterocycles. The van der Waals surface area contributed by atoms with E-state index >= 15 is 0 Å². The Morgan fingerprint density at radius 1 is 1.00 bits per heavy atom. The Hall–Kier alpha value is -4.47. The molecule has 0 fully saturated rings. The Labute approximate surface area is 228 Å². The predicted octanol–water partition coefficient (Wildman–Crippen LogP) is 2.52. The lowest BCUT2D eigenvalue weighted by Crippen LogP contribution is -2.42. The molecule has 2 amide bonds. The van der Waals surface area contributed by atoms with E-state index in [0.717, 1.165) is 4.57 Å². The van der Waals surface area contributed by atoms with Crippen molar-refractivity contribution in [3.05, 3.63) is 82.7 Å². The first kappa shape index (κ1) is 31.1. The zero-order valence-corrected chi connectivity index (χ0v) is 21.2. The van der Waals surface area contributed by atoms with Crippen LogP contribution >= 0.6 is 0 Å². The van der Waals surface area contributed by atoms with Crippen molar-refractivity contribution in [1.29, 1.82) is 0 Å². The van der Waals surface area contributed by atoms with E-state index in [1.807, 2.05) is 0 Å². The maximum absolute atomic E-state index is 13.7. The summed E-state index contributed by atoms with van der Waals surface area (Å²) in [5, 5.41) is 17.1. The molecule has 0 bridgehead atoms. The summed E-state index contributed by atoms with van der Waals surface area (Å²) in [6.45, 7) is -0.656. The molecule has 1 aromatic heterocycles. The lowest BCUT2D eigenvalue weighted by Gasteiger charge is -2.29. The zero-order valence-electron chi connectivity index (χ0n) is 21.2. The topological polar surface area (TPSA) is 143 Å². The molecule has 1 aliphatic heterocycles. The van der Waals surface area contributed by atoms with Crippen molar-refractivity contribution >= 4 is 17.8 Å². The van der Waals surface area contributed by atoms with E-state index in [-0.39, 0.29) is 56.3 Å². The minimum absolute atomic E-state index is 0.000783. The molecule has 10 nitrogen and oxygen atoms in total. The number of halogens is 6. The van der Waals surface area contributed by atoms with Crippen LogP contribution in [0, 0.1) is 17.5 Å². The molecule has 2 aromatic carbocycles. The monoisotopic (exact) mass is 586 g/mol. The van der Waals surface area contributed by atoms with Crippen LogP contribution in [0.3, 0.4) is 0 Å². The third-order valence-corrected chi connectivity index (χ3v) is 5.80. The number of hydrogen-bond acceptors (Lipinski definition) is 6. The minimum Gasteiger partial charge on any atom is -0.480 e. The summed E-state index contributed by atoms with van der Waals surface area (Å²) in [7, 11) is 0. The zero-order chi connectivity index (χ0) is 30.3. The molecule has 0 saturated heterocycles. The van der Waals surface area contributed by atoms with Gasteiger partial charge in [-0.25, -0.2) is 13.2 Å². The fourth-order valence-electron chi connectivity index (χ4n) is 3.86. The van der Waals surface area contributed by atoms with Gasteiger partial charge in [-0.15, -0.1) is 10.2 Å². The highest BCUT2D eigenvalue weighted by Crippen LogP contribution is 2.29. The van der Waals surface area contributed by atoms with Gasteiger partial charge in [-0.3, -0.25) is 14.4 Å². The molecule has 0 spiro atoms. The number of hydrogen-bond donors (Lipinski definition) is 3. The summed E-state index contributed by atoms with van der Waals surface area (Å²) in [6.07, 6.45) is -5.11. The van der Waals surface area contributed by atoms with Crippen molar-refractivity contribution in [2.75, 3.05) is 13.1 Å². The molecule has 0 radical (unpaired) electrons. The van der Waals surface area contributed by atoms with E-state index in [2.05, 4.69) is 15.5 Å². The van der Waals surface area contributed by atoms with Gasteiger partial charge >= 0.3 is 12.1 Å². The molecule has 0 saturated carbocycles. The molecule has 4 rings (SSSR count). The van der Waals surface area contributed by atoms with Crippen molar-refractivity contribution in [3.8, 4) is 0 Å². The third-order valence-electron chi connectivity index (χ3n) is 5.80. The Balaban J connectivity index is 0.000000298. The molecule has 0 unspecified atom stereocenters. The van der Waals surface area contributed by atoms with Gasteiger partial charge in [0.2, 0.25) is 11.7 Å². The fourth-order valence-corrected chi connectivity index (χ4v) is 3.86. The number of alkyl halides is 3. The van der Waals surface area contributed by atoms with E-state index < -0.39 is 47.4 Å². The Morgan fingerprint density at radius 2 is 1.66 bits per heavy atom. The van der Waals surface area contributed by atoms with E-state index in [4.69, 9.17) is 10.8 Å². The molecule has 1 aliphatic rings. The summed E-state index contributed by atoms with van der Waals surface area (Å²) in [6, 6.07) is 8.65. The van der Waals surface area contributed by atoms with Gasteiger partial charge in [0.1, 0.15) is 12.4 Å². The maximum atomic E-state index is 13.7. The second kappa shape index (κ2) is 13.3. The van der Waals surface area contributed by atoms with Gasteiger partial charge in [-0.05, 0) is 30.2 Å². The highest BCUT2D eigenvalue weighted by Gasteiger charge is 2.40. The van der Waals surface area contributed by atoms with Crippen LogP contribution in [-0.4, -0.2) is 61.7 Å². The Morgan fingerprint density at radius 3 is 2.29 bits per heavy atom. The van der Waals surface area contributed by atoms with Crippen LogP contribution in [0.25, 0.3) is 0 Å². The van der Waals surface area contributed by atoms with Crippen molar-refractivity contribution in [3.63, 3.8) is 0 Å². The van der Waals surface area contributed by atoms with Crippen LogP contribution in [0.2, 0.25) is 0 Å². The number of carbonyl (C=O) groups is 3. The number of carboxylic acid groups (broad SMARTS) is 1. The number of nitrogens with one attached hydrogen (secondary N) is 1. The molecule has 3 aromatic rings. The first-order chi connectivity index (χ1) is 19.3. The van der Waals surface area contributed by atoms with Crippen LogP contribution < -0.4 is 11.1 Å². The van der Waals surface area contributed by atoms with E-state index in [1.165, 1.54) is 4.90 Å². The maximum Gasteiger partial charge on any atom is 0.451 e. The SMILES string of the molecule is N[C@@H](CC(=O)N1CCn2c(nnc2C(F)(F)F)C1)Cc1cc(F)c(F)cc1F.O=C(O)CNC(=O)c1ccccc1. The van der Waals surface area contributed by atoms with Crippen LogP contribution in [0.15, 0.2) is 42.5 Å². The van der Waals surface area contributed by atoms with Crippen molar-refractivity contribution in [2.24, 2.45) is 5.73 Å². The number of carbonyl (C=O) groups excluding carboxylic acids is 2. The summed E-state index contributed by atoms with van der Waals surface area (Å²) in [5.41, 5.74) is 6.10. The summed E-state index contributed by atoms with van der Waals surface area (Å²) in [5.74, 6) is -6.57. The molecular formula is C25H24F6N6O4. The smallest absolute Gasteiger partial charge is 0.451 e. The van der Waals surface area contributed by atoms with Crippen molar-refractivity contribution in [1.82, 2.24) is 25.0 Å². The number of fused-ring (bicyclic) bond motifs is 1. The van der Waals surface area contributed by atoms with Crippen molar-refractivity contribution < 1.29 is 45.8 Å². The number of nitrogens with two attached hydrogens (primary N) is 1. The van der Waals surface area contributed by atoms with Crippen LogP contribution in [0.1, 0.15) is 34.0 Å². The Kier molecular flexibility index (Phi) is 10.0. The average molecular weight is 586 g/mol. The van der Waals surface area contributed by atoms with E-state index in [1.54, 1.807) is 30.3 Å². The van der Waals surface area contributed by atoms with Gasteiger partial charge < -0.3 is 25.6 Å². The highest BCUT2D eigenvalue weighted by molar-refractivity contribution is 5.95. The lowest BCUT2D eigenvalue weighted by molar-refractivity contribution is -0.148. The number of benzene rings is 2. The number of aliphatic carboxylic acids is 1. The average Bonchev–Trinajstić information content (AvgIpc) is 3.35. The number of rotatable bonds is 7. The highest BCUT2D eigenvalue weighted by atomic mass is 19.4. The van der Waals surface area contributed by atoms with Gasteiger partial charge in [-0.2, -0.15) is 13.2 Å². The standard InChI is InChI=1S/C16H15F6N5O.C9H9NO3/c17-10-6-12(19)11(18)4-8(10)3-9(23)5-14(28)26-1-2-27-13(7-26)24-25-15(27)16(20,21)22;11-8(12)6-10-9(13)7-4-2-1-3-5-7/h4,6,9H,1-3,5,7,23H2;1-5H,6H2,(H,10,13)(H,11,12)/t9-;/m1./s1. The Bertz CT molecular complexity index is 1400. The summed E-state index contributed by atoms with van der Waals surface area (Å²) < 4.78 is 79.3. The fraction of sp³-hybridized carbons (Fsp3) is 0.320. The minimum atomic E-state index is -4.64. The predicted molar refractivity (Wildman–Crippen MR) is 129 cm³/mol. The normalized spacial score (nSPS) is 13.5. The number of aromatic nitrogens is 3. The van der Waals surface area contributed by atoms with Gasteiger partial charge in [0.05, 0.1) is 6.54 Å². The molecule has 16 heteroatoms. The lowest BCUT2D eigenvalue weighted by atomic mass is 10.0. The van der Waals surface area contributed by atoms with Crippen LogP contribution in [0.4, 0.5) is 26.3 Å². The molecule has 4 N–H and O–H groups in total. The summed E-state index contributed by atoms with van der Waals surface area (Å²) in [4.78, 5) is 34.9. The molecular weight excluding hydrogens is 562 g/mol. The van der Waals surface area contributed by atoms with E-state index in [9.17, 15) is 40.7 Å². The first-order valence-electron chi connectivity index (χ1n) is 12.0. The molecule has 1 atom stereocenters. The first-order valence-corrected chi connectivity index (χ1v) is 12.0. The van der Waals surface area contributed by atoms with Gasteiger partial charge in [0, 0.05) is 37.2 Å². The van der Waals surface area contributed by atoms with Gasteiger partial charge in [0.15, 0.2) is 17.5 Å². The quantitative estimate of drug-likeness (QED) is 0.285. The largest absolute Gasteiger partial charge is 0.480 e. The second-order valence-corrected chi connectivity index (χ2v) is 8.87. The third kappa shape index (κ3) is 8.51. The van der Waals surface area contributed by atoms with Crippen LogP contribution in [-0.2, 0) is 35.3 Å². The molecule has 0 aliphatic carbocycles. The van der Waals surface area contributed by atoms with Gasteiger partial charge in [-0.1, -0.05) is 18.2 Å². The number of carboxylic acids is 1. The summed E-state index contributed by atoms with van der Waals surface area (Å²) >= 11 is 0. The second-order valence-electron chi connectivity index (χ2n) is 8.87. The van der Waals surface area contributed by atoms with E-state index in [0.29, 0.717) is 17.7 Å². The number of nitrogens with zero attached hydrogens (tertiary/aromatic N) is 4.